The Morgan fingerprint density at radius 3 is 2.84 bits per heavy atom. The van der Waals surface area contributed by atoms with Crippen molar-refractivity contribution < 1.29 is 0 Å². The minimum atomic E-state index is 0.712. The molecule has 3 heterocycles. The molecule has 0 spiro atoms. The van der Waals surface area contributed by atoms with Crippen molar-refractivity contribution in [2.45, 2.75) is 19.4 Å². The molecule has 0 radical (unpaired) electrons. The third kappa shape index (κ3) is 2.67. The first-order valence-corrected chi connectivity index (χ1v) is 6.59. The Bertz CT molecular complexity index is 518. The summed E-state index contributed by atoms with van der Waals surface area (Å²) in [6.45, 7) is 2.90. The van der Waals surface area contributed by atoms with Crippen molar-refractivity contribution in [3.8, 4) is 0 Å². The zero-order valence-corrected chi connectivity index (χ0v) is 11.1. The smallest absolute Gasteiger partial charge is 0.134 e. The van der Waals surface area contributed by atoms with E-state index in [0.717, 1.165) is 30.5 Å². The zero-order chi connectivity index (χ0) is 13.1. The van der Waals surface area contributed by atoms with Crippen LogP contribution in [-0.4, -0.2) is 40.1 Å². The summed E-state index contributed by atoms with van der Waals surface area (Å²) in [6.07, 6.45) is 7.74. The number of aromatic nitrogens is 4. The second kappa shape index (κ2) is 5.26. The molecule has 6 heteroatoms. The summed E-state index contributed by atoms with van der Waals surface area (Å²) in [5.41, 5.74) is 0. The fraction of sp³-hybridized carbons (Fsp3) is 0.462. The zero-order valence-electron chi connectivity index (χ0n) is 11.1. The molecule has 19 heavy (non-hydrogen) atoms. The Labute approximate surface area is 112 Å². The van der Waals surface area contributed by atoms with Crippen LogP contribution in [0.5, 0.6) is 0 Å². The molecule has 1 N–H and O–H groups in total. The Hall–Kier alpha value is -2.11. The molecule has 0 aromatic carbocycles. The summed E-state index contributed by atoms with van der Waals surface area (Å²) in [7, 11) is 2.01. The van der Waals surface area contributed by atoms with Crippen LogP contribution < -0.4 is 9.80 Å². The highest BCUT2D eigenvalue weighted by Gasteiger charge is 2.15. The highest BCUT2D eigenvalue weighted by atomic mass is 15.2. The van der Waals surface area contributed by atoms with Crippen molar-refractivity contribution in [2.24, 2.45) is 0 Å². The molecular weight excluding hydrogens is 240 g/mol. The van der Waals surface area contributed by atoms with Gasteiger partial charge in [0.2, 0.25) is 0 Å². The van der Waals surface area contributed by atoms with Gasteiger partial charge in [-0.05, 0) is 12.8 Å². The Morgan fingerprint density at radius 1 is 1.26 bits per heavy atom. The van der Waals surface area contributed by atoms with E-state index < -0.39 is 0 Å². The van der Waals surface area contributed by atoms with Gasteiger partial charge in [-0.3, -0.25) is 0 Å². The van der Waals surface area contributed by atoms with Gasteiger partial charge >= 0.3 is 0 Å². The molecular formula is C13H18N6. The van der Waals surface area contributed by atoms with Crippen LogP contribution in [0, 0.1) is 0 Å². The maximum absolute atomic E-state index is 4.37. The van der Waals surface area contributed by atoms with Gasteiger partial charge in [-0.1, -0.05) is 0 Å². The summed E-state index contributed by atoms with van der Waals surface area (Å²) in [4.78, 5) is 20.4. The number of H-pyrrole nitrogens is 1. The quantitative estimate of drug-likeness (QED) is 0.899. The summed E-state index contributed by atoms with van der Waals surface area (Å²) >= 11 is 0. The van der Waals surface area contributed by atoms with Gasteiger partial charge in [0.1, 0.15) is 23.8 Å². The van der Waals surface area contributed by atoms with Crippen LogP contribution in [0.25, 0.3) is 0 Å². The second-order valence-corrected chi connectivity index (χ2v) is 4.82. The van der Waals surface area contributed by atoms with Crippen molar-refractivity contribution >= 4 is 11.6 Å². The van der Waals surface area contributed by atoms with Crippen LogP contribution in [0.3, 0.4) is 0 Å². The highest BCUT2D eigenvalue weighted by molar-refractivity contribution is 5.50. The highest BCUT2D eigenvalue weighted by Crippen LogP contribution is 2.21. The lowest BCUT2D eigenvalue weighted by Crippen LogP contribution is -2.22. The van der Waals surface area contributed by atoms with Crippen LogP contribution >= 0.6 is 0 Å². The molecule has 0 unspecified atom stereocenters. The molecule has 0 atom stereocenters. The van der Waals surface area contributed by atoms with Gasteiger partial charge in [-0.25, -0.2) is 15.0 Å². The predicted octanol–water partition coefficient (Wildman–Crippen LogP) is 1.44. The lowest BCUT2D eigenvalue weighted by molar-refractivity contribution is 0.834. The summed E-state index contributed by atoms with van der Waals surface area (Å²) in [6, 6.07) is 2.05. The lowest BCUT2D eigenvalue weighted by atomic mass is 10.4. The van der Waals surface area contributed by atoms with E-state index in [1.54, 1.807) is 12.5 Å². The predicted molar refractivity (Wildman–Crippen MR) is 74.2 cm³/mol. The van der Waals surface area contributed by atoms with Gasteiger partial charge in [0.25, 0.3) is 0 Å². The van der Waals surface area contributed by atoms with Gasteiger partial charge < -0.3 is 14.8 Å². The number of hydrogen-bond donors (Lipinski definition) is 1. The fourth-order valence-electron chi connectivity index (χ4n) is 2.36. The first-order chi connectivity index (χ1) is 9.33. The summed E-state index contributed by atoms with van der Waals surface area (Å²) in [5, 5.41) is 0. The normalized spacial score (nSPS) is 14.9. The van der Waals surface area contributed by atoms with Crippen molar-refractivity contribution in [1.82, 2.24) is 19.9 Å². The summed E-state index contributed by atoms with van der Waals surface area (Å²) < 4.78 is 0. The molecule has 1 aliphatic heterocycles. The van der Waals surface area contributed by atoms with Gasteiger partial charge in [0.05, 0.1) is 6.54 Å². The van der Waals surface area contributed by atoms with Gasteiger partial charge in [0.15, 0.2) is 0 Å². The van der Waals surface area contributed by atoms with Gasteiger partial charge in [0, 0.05) is 38.6 Å². The fourth-order valence-corrected chi connectivity index (χ4v) is 2.36. The van der Waals surface area contributed by atoms with E-state index in [1.807, 2.05) is 19.3 Å². The molecule has 1 aliphatic rings. The van der Waals surface area contributed by atoms with E-state index >= 15 is 0 Å². The van der Waals surface area contributed by atoms with E-state index in [9.17, 15) is 0 Å². The number of rotatable bonds is 4. The molecule has 6 nitrogen and oxygen atoms in total. The largest absolute Gasteiger partial charge is 0.356 e. The molecule has 2 aromatic rings. The van der Waals surface area contributed by atoms with Crippen LogP contribution in [0.4, 0.5) is 11.6 Å². The molecule has 0 aliphatic carbocycles. The van der Waals surface area contributed by atoms with Crippen LogP contribution in [-0.2, 0) is 6.54 Å². The monoisotopic (exact) mass is 258 g/mol. The maximum atomic E-state index is 4.37. The van der Waals surface area contributed by atoms with E-state index in [0.29, 0.717) is 6.54 Å². The molecule has 3 rings (SSSR count). The Balaban J connectivity index is 1.74. The van der Waals surface area contributed by atoms with E-state index in [-0.39, 0.29) is 0 Å². The molecule has 1 saturated heterocycles. The number of imidazole rings is 1. The van der Waals surface area contributed by atoms with Gasteiger partial charge in [-0.2, -0.15) is 0 Å². The molecule has 100 valence electrons. The first-order valence-electron chi connectivity index (χ1n) is 6.59. The van der Waals surface area contributed by atoms with E-state index in [2.05, 4.69) is 29.7 Å². The lowest BCUT2D eigenvalue weighted by Gasteiger charge is -2.20. The molecule has 0 saturated carbocycles. The van der Waals surface area contributed by atoms with E-state index in [1.165, 1.54) is 12.8 Å². The maximum Gasteiger partial charge on any atom is 0.134 e. The molecule has 2 aromatic heterocycles. The van der Waals surface area contributed by atoms with Crippen molar-refractivity contribution in [2.75, 3.05) is 29.9 Å². The summed E-state index contributed by atoms with van der Waals surface area (Å²) in [5.74, 6) is 2.88. The topological polar surface area (TPSA) is 60.9 Å². The van der Waals surface area contributed by atoms with E-state index in [4.69, 9.17) is 0 Å². The first kappa shape index (κ1) is 12.0. The molecule has 0 amide bonds. The Morgan fingerprint density at radius 2 is 2.11 bits per heavy atom. The van der Waals surface area contributed by atoms with Crippen LogP contribution in [0.1, 0.15) is 18.7 Å². The number of aromatic amines is 1. The Kier molecular flexibility index (Phi) is 3.31. The minimum absolute atomic E-state index is 0.712. The molecule has 0 bridgehead atoms. The third-order valence-electron chi connectivity index (χ3n) is 3.40. The average Bonchev–Trinajstić information content (AvgIpc) is 3.12. The van der Waals surface area contributed by atoms with Crippen molar-refractivity contribution in [3.05, 3.63) is 30.6 Å². The van der Waals surface area contributed by atoms with Crippen molar-refractivity contribution in [3.63, 3.8) is 0 Å². The van der Waals surface area contributed by atoms with Crippen LogP contribution in [0.15, 0.2) is 24.8 Å². The van der Waals surface area contributed by atoms with Crippen LogP contribution in [0.2, 0.25) is 0 Å². The SMILES string of the molecule is CN(Cc1ncc[nH]1)c1cc(N2CCCC2)ncn1. The number of nitrogens with zero attached hydrogens (tertiary/aromatic N) is 5. The van der Waals surface area contributed by atoms with Gasteiger partial charge in [-0.15, -0.1) is 0 Å². The standard InChI is InChI=1S/C13H18N6/c1-18(9-11-14-4-5-15-11)12-8-13(17-10-16-12)19-6-2-3-7-19/h4-5,8,10H,2-3,6-7,9H2,1H3,(H,14,15). The number of anilines is 2. The third-order valence-corrected chi connectivity index (χ3v) is 3.40. The van der Waals surface area contributed by atoms with Crippen molar-refractivity contribution in [1.29, 1.82) is 0 Å². The minimum Gasteiger partial charge on any atom is -0.356 e. The average molecular weight is 258 g/mol. The number of hydrogen-bond acceptors (Lipinski definition) is 5. The second-order valence-electron chi connectivity index (χ2n) is 4.82. The molecule has 1 fully saturated rings. The number of nitrogens with one attached hydrogen (secondary N) is 1.